The predicted octanol–water partition coefficient (Wildman–Crippen LogP) is 3.29. The fraction of sp³-hybridized carbons (Fsp3) is 0.400. The molecule has 0 radical (unpaired) electrons. The molecule has 0 unspecified atom stereocenters. The molecule has 0 aliphatic rings. The summed E-state index contributed by atoms with van der Waals surface area (Å²) in [4.78, 5) is 0. The number of nitrogens with one attached hydrogen (secondary N) is 1. The molecule has 0 bridgehead atoms. The second kappa shape index (κ2) is 5.59. The third kappa shape index (κ3) is 3.48. The zero-order chi connectivity index (χ0) is 10.6. The summed E-state index contributed by atoms with van der Waals surface area (Å²) >= 11 is 9.19. The van der Waals surface area contributed by atoms with Crippen LogP contribution in [0.1, 0.15) is 13.3 Å². The third-order valence-corrected chi connectivity index (χ3v) is 2.82. The summed E-state index contributed by atoms with van der Waals surface area (Å²) in [6.45, 7) is 2.50. The van der Waals surface area contributed by atoms with Crippen LogP contribution in [0, 0.1) is 0 Å². The van der Waals surface area contributed by atoms with Crippen LogP contribution in [0.15, 0.2) is 22.7 Å². The number of hydrogen-bond acceptors (Lipinski definition) is 2. The molecular weight excluding hydrogens is 265 g/mol. The highest BCUT2D eigenvalue weighted by atomic mass is 79.9. The number of hydrogen-bond donors (Lipinski definition) is 2. The normalized spacial score (nSPS) is 12.6. The maximum atomic E-state index is 9.36. The molecule has 0 heterocycles. The number of benzene rings is 1. The van der Waals surface area contributed by atoms with Crippen LogP contribution in [-0.4, -0.2) is 17.8 Å². The van der Waals surface area contributed by atoms with E-state index in [-0.39, 0.29) is 6.10 Å². The topological polar surface area (TPSA) is 32.3 Å². The van der Waals surface area contributed by atoms with Gasteiger partial charge >= 0.3 is 0 Å². The Kier molecular flexibility index (Phi) is 4.72. The van der Waals surface area contributed by atoms with Crippen LogP contribution in [0.3, 0.4) is 0 Å². The Hall–Kier alpha value is -0.250. The number of halogens is 2. The van der Waals surface area contributed by atoms with Gasteiger partial charge in [-0.2, -0.15) is 0 Å². The maximum Gasteiger partial charge on any atom is 0.0709 e. The highest BCUT2D eigenvalue weighted by Gasteiger charge is 2.03. The molecule has 78 valence electrons. The van der Waals surface area contributed by atoms with Crippen LogP contribution < -0.4 is 5.32 Å². The molecule has 2 nitrogen and oxygen atoms in total. The second-order valence-electron chi connectivity index (χ2n) is 3.07. The third-order valence-electron chi connectivity index (χ3n) is 1.93. The first-order valence-electron chi connectivity index (χ1n) is 4.50. The van der Waals surface area contributed by atoms with E-state index in [0.29, 0.717) is 11.6 Å². The van der Waals surface area contributed by atoms with E-state index in [0.717, 1.165) is 16.6 Å². The number of aliphatic hydroxyl groups is 1. The molecule has 0 saturated carbocycles. The molecule has 4 heteroatoms. The van der Waals surface area contributed by atoms with E-state index in [9.17, 15) is 5.11 Å². The van der Waals surface area contributed by atoms with E-state index in [2.05, 4.69) is 21.2 Å². The van der Waals surface area contributed by atoms with Crippen molar-refractivity contribution in [1.82, 2.24) is 0 Å². The summed E-state index contributed by atoms with van der Waals surface area (Å²) in [6, 6.07) is 5.52. The Morgan fingerprint density at radius 1 is 1.57 bits per heavy atom. The molecule has 1 rings (SSSR count). The lowest BCUT2D eigenvalue weighted by molar-refractivity contribution is 0.183. The van der Waals surface area contributed by atoms with Crippen molar-refractivity contribution in [3.8, 4) is 0 Å². The van der Waals surface area contributed by atoms with Crippen molar-refractivity contribution in [3.63, 3.8) is 0 Å². The Bertz CT molecular complexity index is 306. The van der Waals surface area contributed by atoms with E-state index in [4.69, 9.17) is 11.6 Å². The Morgan fingerprint density at radius 3 is 2.86 bits per heavy atom. The highest BCUT2D eigenvalue weighted by Crippen LogP contribution is 2.25. The predicted molar refractivity (Wildman–Crippen MR) is 63.9 cm³/mol. The fourth-order valence-electron chi connectivity index (χ4n) is 1.00. The zero-order valence-corrected chi connectivity index (χ0v) is 10.3. The van der Waals surface area contributed by atoms with E-state index in [1.54, 1.807) is 0 Å². The quantitative estimate of drug-likeness (QED) is 0.886. The van der Waals surface area contributed by atoms with Gasteiger partial charge in [0.1, 0.15) is 0 Å². The summed E-state index contributed by atoms with van der Waals surface area (Å²) in [7, 11) is 0. The van der Waals surface area contributed by atoms with Crippen LogP contribution in [0.25, 0.3) is 0 Å². The lowest BCUT2D eigenvalue weighted by Crippen LogP contribution is -2.18. The summed E-state index contributed by atoms with van der Waals surface area (Å²) < 4.78 is 0.910. The molecule has 0 amide bonds. The van der Waals surface area contributed by atoms with Gasteiger partial charge in [0, 0.05) is 21.7 Å². The fourth-order valence-corrected chi connectivity index (χ4v) is 1.83. The van der Waals surface area contributed by atoms with Crippen molar-refractivity contribution in [2.24, 2.45) is 0 Å². The molecule has 1 atom stereocenters. The van der Waals surface area contributed by atoms with Gasteiger partial charge in [-0.15, -0.1) is 0 Å². The molecule has 1 aromatic rings. The molecule has 0 aliphatic heterocycles. The first kappa shape index (κ1) is 11.8. The van der Waals surface area contributed by atoms with Crippen molar-refractivity contribution < 1.29 is 5.11 Å². The molecule has 0 aromatic heterocycles. The van der Waals surface area contributed by atoms with Gasteiger partial charge < -0.3 is 10.4 Å². The van der Waals surface area contributed by atoms with Crippen molar-refractivity contribution in [2.45, 2.75) is 19.4 Å². The standard InChI is InChI=1S/C10H13BrClNO/c1-2-8(14)6-13-10-4-3-7(12)5-9(10)11/h3-5,8,13-14H,2,6H2,1H3/t8-/m0/s1. The van der Waals surface area contributed by atoms with E-state index < -0.39 is 0 Å². The zero-order valence-electron chi connectivity index (χ0n) is 7.93. The highest BCUT2D eigenvalue weighted by molar-refractivity contribution is 9.10. The van der Waals surface area contributed by atoms with Gasteiger partial charge in [-0.1, -0.05) is 18.5 Å². The van der Waals surface area contributed by atoms with Crippen LogP contribution in [0.2, 0.25) is 5.02 Å². The Morgan fingerprint density at radius 2 is 2.29 bits per heavy atom. The second-order valence-corrected chi connectivity index (χ2v) is 4.36. The van der Waals surface area contributed by atoms with Gasteiger partial charge in [0.05, 0.1) is 6.10 Å². The van der Waals surface area contributed by atoms with Gasteiger partial charge in [0.15, 0.2) is 0 Å². The van der Waals surface area contributed by atoms with E-state index >= 15 is 0 Å². The monoisotopic (exact) mass is 277 g/mol. The first-order chi connectivity index (χ1) is 6.63. The van der Waals surface area contributed by atoms with Crippen LogP contribution >= 0.6 is 27.5 Å². The molecule has 14 heavy (non-hydrogen) atoms. The van der Waals surface area contributed by atoms with Crippen molar-refractivity contribution >= 4 is 33.2 Å². The van der Waals surface area contributed by atoms with Gasteiger partial charge in [-0.25, -0.2) is 0 Å². The molecule has 0 aliphatic carbocycles. The number of aliphatic hydroxyl groups excluding tert-OH is 1. The summed E-state index contributed by atoms with van der Waals surface area (Å²) in [5.74, 6) is 0. The summed E-state index contributed by atoms with van der Waals surface area (Å²) in [5, 5.41) is 13.2. The lowest BCUT2D eigenvalue weighted by Gasteiger charge is -2.12. The molecule has 2 N–H and O–H groups in total. The molecule has 1 aromatic carbocycles. The van der Waals surface area contributed by atoms with Gasteiger partial charge in [-0.3, -0.25) is 0 Å². The summed E-state index contributed by atoms with van der Waals surface area (Å²) in [5.41, 5.74) is 0.946. The minimum Gasteiger partial charge on any atom is -0.391 e. The SMILES string of the molecule is CC[C@H](O)CNc1ccc(Cl)cc1Br. The average Bonchev–Trinajstić information content (AvgIpc) is 2.16. The average molecular weight is 279 g/mol. The lowest BCUT2D eigenvalue weighted by atomic mass is 10.2. The van der Waals surface area contributed by atoms with Gasteiger partial charge in [0.2, 0.25) is 0 Å². The summed E-state index contributed by atoms with van der Waals surface area (Å²) in [6.07, 6.45) is 0.440. The number of anilines is 1. The van der Waals surface area contributed by atoms with Crippen LogP contribution in [0.5, 0.6) is 0 Å². The first-order valence-corrected chi connectivity index (χ1v) is 5.67. The minimum absolute atomic E-state index is 0.308. The van der Waals surface area contributed by atoms with Crippen molar-refractivity contribution in [1.29, 1.82) is 0 Å². The molecular formula is C10H13BrClNO. The van der Waals surface area contributed by atoms with Crippen LogP contribution in [-0.2, 0) is 0 Å². The van der Waals surface area contributed by atoms with E-state index in [1.165, 1.54) is 0 Å². The number of rotatable bonds is 4. The molecule has 0 fully saturated rings. The Labute approximate surface area is 97.4 Å². The maximum absolute atomic E-state index is 9.36. The largest absolute Gasteiger partial charge is 0.391 e. The molecule has 0 spiro atoms. The van der Waals surface area contributed by atoms with E-state index in [1.807, 2.05) is 25.1 Å². The van der Waals surface area contributed by atoms with Gasteiger partial charge in [0.25, 0.3) is 0 Å². The smallest absolute Gasteiger partial charge is 0.0709 e. The van der Waals surface area contributed by atoms with Crippen molar-refractivity contribution in [2.75, 3.05) is 11.9 Å². The van der Waals surface area contributed by atoms with Crippen molar-refractivity contribution in [3.05, 3.63) is 27.7 Å². The Balaban J connectivity index is 2.59. The van der Waals surface area contributed by atoms with Gasteiger partial charge in [-0.05, 0) is 40.5 Å². The minimum atomic E-state index is -0.308. The molecule has 0 saturated heterocycles. The van der Waals surface area contributed by atoms with Crippen LogP contribution in [0.4, 0.5) is 5.69 Å².